The Labute approximate surface area is 130 Å². The van der Waals surface area contributed by atoms with Gasteiger partial charge >= 0.3 is 0 Å². The van der Waals surface area contributed by atoms with Gasteiger partial charge in [-0.05, 0) is 26.0 Å². The lowest BCUT2D eigenvalue weighted by Crippen LogP contribution is -2.47. The second-order valence-electron chi connectivity index (χ2n) is 5.37. The first kappa shape index (κ1) is 14.3. The van der Waals surface area contributed by atoms with Gasteiger partial charge in [-0.1, -0.05) is 0 Å². The first-order valence-electron chi connectivity index (χ1n) is 7.34. The number of aromatic nitrogens is 3. The van der Waals surface area contributed by atoms with Crippen LogP contribution in [0.15, 0.2) is 24.7 Å². The average Bonchev–Trinajstić information content (AvgIpc) is 2.57. The molecule has 0 N–H and O–H groups in total. The molecular formula is C16H18N6. The molecule has 22 heavy (non-hydrogen) atoms. The molecule has 0 saturated carbocycles. The molecule has 0 amide bonds. The summed E-state index contributed by atoms with van der Waals surface area (Å²) in [4.78, 5) is 17.4. The largest absolute Gasteiger partial charge is 0.353 e. The third kappa shape index (κ3) is 2.58. The summed E-state index contributed by atoms with van der Waals surface area (Å²) >= 11 is 0. The number of aryl methyl sites for hydroxylation is 1. The zero-order valence-electron chi connectivity index (χ0n) is 12.8. The van der Waals surface area contributed by atoms with Crippen molar-refractivity contribution < 1.29 is 0 Å². The van der Waals surface area contributed by atoms with Gasteiger partial charge in [-0.3, -0.25) is 0 Å². The Balaban J connectivity index is 1.76. The molecular weight excluding hydrogens is 276 g/mol. The summed E-state index contributed by atoms with van der Waals surface area (Å²) in [5.74, 6) is 1.79. The standard InChI is InChI=1S/C16H18N6/c1-12-13(2)19-11-20-15(12)21-6-8-22(9-7-21)16-14(10-17)4-3-5-18-16/h3-5,11H,6-9H2,1-2H3. The molecule has 1 fully saturated rings. The van der Waals surface area contributed by atoms with E-state index in [1.54, 1.807) is 18.6 Å². The number of anilines is 2. The van der Waals surface area contributed by atoms with Crippen LogP contribution in [0, 0.1) is 25.2 Å². The molecule has 0 aromatic carbocycles. The van der Waals surface area contributed by atoms with Gasteiger partial charge in [-0.25, -0.2) is 15.0 Å². The normalized spacial score (nSPS) is 14.8. The van der Waals surface area contributed by atoms with Gasteiger partial charge in [0.05, 0.1) is 5.56 Å². The summed E-state index contributed by atoms with van der Waals surface area (Å²) in [5.41, 5.74) is 2.78. The molecule has 0 spiro atoms. The number of hydrogen-bond acceptors (Lipinski definition) is 6. The molecule has 0 unspecified atom stereocenters. The summed E-state index contributed by atoms with van der Waals surface area (Å²) in [5, 5.41) is 9.20. The van der Waals surface area contributed by atoms with Crippen LogP contribution in [-0.2, 0) is 0 Å². The number of hydrogen-bond donors (Lipinski definition) is 0. The number of rotatable bonds is 2. The minimum atomic E-state index is 0.630. The highest BCUT2D eigenvalue weighted by Gasteiger charge is 2.22. The Morgan fingerprint density at radius 3 is 2.36 bits per heavy atom. The lowest BCUT2D eigenvalue weighted by molar-refractivity contribution is 0.638. The molecule has 1 aliphatic heterocycles. The number of nitrogens with zero attached hydrogens (tertiary/aromatic N) is 6. The molecule has 112 valence electrons. The van der Waals surface area contributed by atoms with E-state index in [0.29, 0.717) is 5.56 Å². The fourth-order valence-electron chi connectivity index (χ4n) is 2.71. The molecule has 0 bridgehead atoms. The zero-order chi connectivity index (χ0) is 15.5. The maximum atomic E-state index is 9.20. The molecule has 0 aliphatic carbocycles. The van der Waals surface area contributed by atoms with Crippen molar-refractivity contribution in [3.05, 3.63) is 41.5 Å². The number of pyridine rings is 1. The van der Waals surface area contributed by atoms with Gasteiger partial charge in [0.1, 0.15) is 24.0 Å². The minimum absolute atomic E-state index is 0.630. The number of nitriles is 1. The van der Waals surface area contributed by atoms with Crippen molar-refractivity contribution in [2.75, 3.05) is 36.0 Å². The fraction of sp³-hybridized carbons (Fsp3) is 0.375. The maximum absolute atomic E-state index is 9.20. The van der Waals surface area contributed by atoms with Gasteiger partial charge in [-0.15, -0.1) is 0 Å². The Bertz CT molecular complexity index is 713. The van der Waals surface area contributed by atoms with Crippen molar-refractivity contribution in [1.82, 2.24) is 15.0 Å². The lowest BCUT2D eigenvalue weighted by atomic mass is 10.2. The molecule has 0 atom stereocenters. The quantitative estimate of drug-likeness (QED) is 0.839. The van der Waals surface area contributed by atoms with Gasteiger partial charge in [0.25, 0.3) is 0 Å². The van der Waals surface area contributed by atoms with Crippen molar-refractivity contribution >= 4 is 11.6 Å². The second-order valence-corrected chi connectivity index (χ2v) is 5.37. The van der Waals surface area contributed by atoms with E-state index in [1.807, 2.05) is 13.0 Å². The van der Waals surface area contributed by atoms with E-state index in [-0.39, 0.29) is 0 Å². The molecule has 0 radical (unpaired) electrons. The SMILES string of the molecule is Cc1ncnc(N2CCN(c3ncccc3C#N)CC2)c1C. The highest BCUT2D eigenvalue weighted by Crippen LogP contribution is 2.22. The van der Waals surface area contributed by atoms with Crippen molar-refractivity contribution in [2.45, 2.75) is 13.8 Å². The van der Waals surface area contributed by atoms with E-state index in [0.717, 1.165) is 49.1 Å². The maximum Gasteiger partial charge on any atom is 0.146 e. The molecule has 1 aliphatic rings. The van der Waals surface area contributed by atoms with Gasteiger partial charge in [0.15, 0.2) is 0 Å². The van der Waals surface area contributed by atoms with Crippen LogP contribution in [0.5, 0.6) is 0 Å². The summed E-state index contributed by atoms with van der Waals surface area (Å²) in [6.07, 6.45) is 3.36. The predicted molar refractivity (Wildman–Crippen MR) is 84.9 cm³/mol. The van der Waals surface area contributed by atoms with Gasteiger partial charge in [-0.2, -0.15) is 5.26 Å². The van der Waals surface area contributed by atoms with Crippen LogP contribution in [0.4, 0.5) is 11.6 Å². The van der Waals surface area contributed by atoms with E-state index in [9.17, 15) is 5.26 Å². The van der Waals surface area contributed by atoms with E-state index < -0.39 is 0 Å². The summed E-state index contributed by atoms with van der Waals surface area (Å²) in [6.45, 7) is 7.44. The van der Waals surface area contributed by atoms with E-state index in [4.69, 9.17) is 0 Å². The van der Waals surface area contributed by atoms with Crippen molar-refractivity contribution in [3.8, 4) is 6.07 Å². The fourth-order valence-corrected chi connectivity index (χ4v) is 2.71. The van der Waals surface area contributed by atoms with Crippen LogP contribution in [0.3, 0.4) is 0 Å². The third-order valence-corrected chi connectivity index (χ3v) is 4.10. The average molecular weight is 294 g/mol. The summed E-state index contributed by atoms with van der Waals surface area (Å²) in [6, 6.07) is 5.82. The van der Waals surface area contributed by atoms with Crippen LogP contribution in [0.25, 0.3) is 0 Å². The van der Waals surface area contributed by atoms with Crippen LogP contribution in [-0.4, -0.2) is 41.1 Å². The Kier molecular flexibility index (Phi) is 3.88. The van der Waals surface area contributed by atoms with Crippen molar-refractivity contribution in [1.29, 1.82) is 5.26 Å². The molecule has 2 aromatic rings. The summed E-state index contributed by atoms with van der Waals surface area (Å²) in [7, 11) is 0. The molecule has 6 heteroatoms. The Hall–Kier alpha value is -2.68. The predicted octanol–water partition coefficient (Wildman–Crippen LogP) is 1.69. The molecule has 1 saturated heterocycles. The minimum Gasteiger partial charge on any atom is -0.353 e. The van der Waals surface area contributed by atoms with Crippen molar-refractivity contribution in [2.24, 2.45) is 0 Å². The second kappa shape index (κ2) is 5.98. The van der Waals surface area contributed by atoms with Crippen molar-refractivity contribution in [3.63, 3.8) is 0 Å². The Morgan fingerprint density at radius 1 is 1.00 bits per heavy atom. The Morgan fingerprint density at radius 2 is 1.68 bits per heavy atom. The first-order chi connectivity index (χ1) is 10.7. The third-order valence-electron chi connectivity index (χ3n) is 4.10. The topological polar surface area (TPSA) is 68.9 Å². The van der Waals surface area contributed by atoms with Crippen LogP contribution < -0.4 is 9.80 Å². The van der Waals surface area contributed by atoms with E-state index >= 15 is 0 Å². The zero-order valence-corrected chi connectivity index (χ0v) is 12.8. The van der Waals surface area contributed by atoms with Crippen LogP contribution >= 0.6 is 0 Å². The molecule has 3 rings (SSSR count). The smallest absolute Gasteiger partial charge is 0.146 e. The lowest BCUT2D eigenvalue weighted by Gasteiger charge is -2.36. The molecule has 2 aromatic heterocycles. The van der Waals surface area contributed by atoms with Gasteiger partial charge in [0.2, 0.25) is 0 Å². The number of piperazine rings is 1. The molecule has 3 heterocycles. The van der Waals surface area contributed by atoms with Gasteiger partial charge in [0, 0.05) is 43.6 Å². The van der Waals surface area contributed by atoms with Gasteiger partial charge < -0.3 is 9.80 Å². The highest BCUT2D eigenvalue weighted by atomic mass is 15.3. The van der Waals surface area contributed by atoms with Crippen LogP contribution in [0.2, 0.25) is 0 Å². The molecule has 6 nitrogen and oxygen atoms in total. The van der Waals surface area contributed by atoms with E-state index in [2.05, 4.69) is 37.7 Å². The summed E-state index contributed by atoms with van der Waals surface area (Å²) < 4.78 is 0. The van der Waals surface area contributed by atoms with E-state index in [1.165, 1.54) is 0 Å². The monoisotopic (exact) mass is 294 g/mol. The highest BCUT2D eigenvalue weighted by molar-refractivity contribution is 5.55. The first-order valence-corrected chi connectivity index (χ1v) is 7.34. The van der Waals surface area contributed by atoms with Crippen LogP contribution in [0.1, 0.15) is 16.8 Å².